The summed E-state index contributed by atoms with van der Waals surface area (Å²) < 4.78 is 26.0. The number of nitrogens with zero attached hydrogens (tertiary/aromatic N) is 2. The molecule has 2 heterocycles. The lowest BCUT2D eigenvalue weighted by atomic mass is 9.83. The SMILES string of the molecule is CC(C)(C)C1=CCN(S(=O)(=O)c2cn[nH]c2)CC1. The highest BCUT2D eigenvalue weighted by atomic mass is 32.2. The number of aromatic nitrogens is 2. The van der Waals surface area contributed by atoms with E-state index in [0.29, 0.717) is 13.1 Å². The fourth-order valence-corrected chi connectivity index (χ4v) is 3.37. The maximum absolute atomic E-state index is 12.2. The summed E-state index contributed by atoms with van der Waals surface area (Å²) in [5.74, 6) is 0. The summed E-state index contributed by atoms with van der Waals surface area (Å²) >= 11 is 0. The Hall–Kier alpha value is -1.14. The molecule has 18 heavy (non-hydrogen) atoms. The molecule has 0 saturated carbocycles. The first kappa shape index (κ1) is 13.3. The monoisotopic (exact) mass is 269 g/mol. The van der Waals surface area contributed by atoms with Crippen LogP contribution in [0.3, 0.4) is 0 Å². The number of rotatable bonds is 2. The summed E-state index contributed by atoms with van der Waals surface area (Å²) in [5.41, 5.74) is 1.44. The van der Waals surface area contributed by atoms with Gasteiger partial charge >= 0.3 is 0 Å². The second kappa shape index (κ2) is 4.51. The van der Waals surface area contributed by atoms with Crippen LogP contribution < -0.4 is 0 Å². The van der Waals surface area contributed by atoms with Gasteiger partial charge in [0.1, 0.15) is 4.90 Å². The van der Waals surface area contributed by atoms with Gasteiger partial charge in [-0.3, -0.25) is 5.10 Å². The molecule has 1 aliphatic rings. The second-order valence-electron chi connectivity index (χ2n) is 5.53. The summed E-state index contributed by atoms with van der Waals surface area (Å²) in [6.45, 7) is 7.44. The summed E-state index contributed by atoms with van der Waals surface area (Å²) in [6, 6.07) is 0. The zero-order valence-corrected chi connectivity index (χ0v) is 11.8. The maximum atomic E-state index is 12.2. The Bertz CT molecular complexity index is 538. The minimum atomic E-state index is -3.39. The van der Waals surface area contributed by atoms with Crippen LogP contribution in [0.25, 0.3) is 0 Å². The van der Waals surface area contributed by atoms with Gasteiger partial charge in [0.25, 0.3) is 0 Å². The van der Waals surface area contributed by atoms with Gasteiger partial charge in [0.2, 0.25) is 10.0 Å². The van der Waals surface area contributed by atoms with Crippen molar-refractivity contribution in [3.05, 3.63) is 24.0 Å². The third-order valence-corrected chi connectivity index (χ3v) is 5.08. The van der Waals surface area contributed by atoms with Crippen LogP contribution in [0.1, 0.15) is 27.2 Å². The first-order valence-electron chi connectivity index (χ1n) is 6.00. The molecule has 6 heteroatoms. The van der Waals surface area contributed by atoms with E-state index in [2.05, 4.69) is 31.0 Å². The number of H-pyrrole nitrogens is 1. The molecule has 0 bridgehead atoms. The molecule has 0 atom stereocenters. The predicted molar refractivity (Wildman–Crippen MR) is 69.5 cm³/mol. The van der Waals surface area contributed by atoms with Crippen molar-refractivity contribution in [2.24, 2.45) is 5.41 Å². The number of sulfonamides is 1. The molecule has 0 spiro atoms. The first-order chi connectivity index (χ1) is 8.32. The van der Waals surface area contributed by atoms with Crippen molar-refractivity contribution in [1.82, 2.24) is 14.5 Å². The average Bonchev–Trinajstić information content (AvgIpc) is 2.82. The van der Waals surface area contributed by atoms with E-state index in [-0.39, 0.29) is 10.3 Å². The van der Waals surface area contributed by atoms with Gasteiger partial charge < -0.3 is 0 Å². The van der Waals surface area contributed by atoms with E-state index in [1.54, 1.807) is 0 Å². The minimum absolute atomic E-state index is 0.117. The Morgan fingerprint density at radius 1 is 1.39 bits per heavy atom. The Labute approximate surface area is 108 Å². The lowest BCUT2D eigenvalue weighted by molar-refractivity contribution is 0.389. The maximum Gasteiger partial charge on any atom is 0.246 e. The summed E-state index contributed by atoms with van der Waals surface area (Å²) in [7, 11) is -3.39. The summed E-state index contributed by atoms with van der Waals surface area (Å²) in [6.07, 6.45) is 5.58. The zero-order valence-electron chi connectivity index (χ0n) is 11.0. The molecule has 2 rings (SSSR count). The Morgan fingerprint density at radius 3 is 2.56 bits per heavy atom. The number of nitrogens with one attached hydrogen (secondary N) is 1. The van der Waals surface area contributed by atoms with Crippen molar-refractivity contribution >= 4 is 10.0 Å². The molecular formula is C12H19N3O2S. The third-order valence-electron chi connectivity index (χ3n) is 3.25. The van der Waals surface area contributed by atoms with Crippen LogP contribution in [0.4, 0.5) is 0 Å². The van der Waals surface area contributed by atoms with Gasteiger partial charge in [-0.05, 0) is 11.8 Å². The third kappa shape index (κ3) is 2.49. The highest BCUT2D eigenvalue weighted by Gasteiger charge is 2.29. The molecule has 0 amide bonds. The van der Waals surface area contributed by atoms with E-state index in [0.717, 1.165) is 6.42 Å². The van der Waals surface area contributed by atoms with Gasteiger partial charge in [-0.1, -0.05) is 32.4 Å². The van der Waals surface area contributed by atoms with Gasteiger partial charge in [0.05, 0.1) is 6.20 Å². The molecule has 1 aromatic rings. The topological polar surface area (TPSA) is 66.1 Å². The van der Waals surface area contributed by atoms with Crippen molar-refractivity contribution in [3.63, 3.8) is 0 Å². The molecule has 0 unspecified atom stereocenters. The molecule has 0 saturated heterocycles. The fourth-order valence-electron chi connectivity index (χ4n) is 2.08. The van der Waals surface area contributed by atoms with Crippen molar-refractivity contribution < 1.29 is 8.42 Å². The molecule has 1 aromatic heterocycles. The summed E-state index contributed by atoms with van der Waals surface area (Å²) in [4.78, 5) is 0.232. The highest BCUT2D eigenvalue weighted by Crippen LogP contribution is 2.31. The van der Waals surface area contributed by atoms with Crippen LogP contribution in [-0.2, 0) is 10.0 Å². The standard InChI is InChI=1S/C12H19N3O2S/c1-12(2,3)10-4-6-15(7-5-10)18(16,17)11-8-13-14-9-11/h4,8-9H,5-7H2,1-3H3,(H,13,14). The van der Waals surface area contributed by atoms with E-state index >= 15 is 0 Å². The van der Waals surface area contributed by atoms with Crippen molar-refractivity contribution in [2.45, 2.75) is 32.1 Å². The smallest absolute Gasteiger partial charge is 0.246 e. The Kier molecular flexibility index (Phi) is 3.33. The van der Waals surface area contributed by atoms with Crippen molar-refractivity contribution in [1.29, 1.82) is 0 Å². The van der Waals surface area contributed by atoms with Gasteiger partial charge in [-0.15, -0.1) is 0 Å². The first-order valence-corrected chi connectivity index (χ1v) is 7.44. The van der Waals surface area contributed by atoms with E-state index in [1.165, 1.54) is 22.3 Å². The second-order valence-corrected chi connectivity index (χ2v) is 7.46. The quantitative estimate of drug-likeness (QED) is 0.832. The van der Waals surface area contributed by atoms with E-state index < -0.39 is 10.0 Å². The van der Waals surface area contributed by atoms with Crippen LogP contribution in [0.15, 0.2) is 28.9 Å². The Morgan fingerprint density at radius 2 is 2.11 bits per heavy atom. The van der Waals surface area contributed by atoms with Crippen LogP contribution in [-0.4, -0.2) is 36.0 Å². The Balaban J connectivity index is 2.18. The van der Waals surface area contributed by atoms with Gasteiger partial charge in [-0.25, -0.2) is 8.42 Å². The molecule has 100 valence electrons. The van der Waals surface area contributed by atoms with Crippen molar-refractivity contribution in [2.75, 3.05) is 13.1 Å². The fraction of sp³-hybridized carbons (Fsp3) is 0.583. The van der Waals surface area contributed by atoms with Gasteiger partial charge in [0, 0.05) is 19.3 Å². The predicted octanol–water partition coefficient (Wildman–Crippen LogP) is 1.78. The highest BCUT2D eigenvalue weighted by molar-refractivity contribution is 7.89. The van der Waals surface area contributed by atoms with Crippen molar-refractivity contribution in [3.8, 4) is 0 Å². The van der Waals surface area contributed by atoms with E-state index in [9.17, 15) is 8.42 Å². The molecule has 1 N–H and O–H groups in total. The number of hydrogen-bond acceptors (Lipinski definition) is 3. The molecular weight excluding hydrogens is 250 g/mol. The lowest BCUT2D eigenvalue weighted by Gasteiger charge is -2.31. The normalized spacial score (nSPS) is 18.7. The molecule has 5 nitrogen and oxygen atoms in total. The largest absolute Gasteiger partial charge is 0.284 e. The van der Waals surface area contributed by atoms with Crippen LogP contribution >= 0.6 is 0 Å². The molecule has 0 radical (unpaired) electrons. The number of aromatic amines is 1. The minimum Gasteiger partial charge on any atom is -0.284 e. The summed E-state index contributed by atoms with van der Waals surface area (Å²) in [5, 5.41) is 6.23. The van der Waals surface area contributed by atoms with Crippen LogP contribution in [0.2, 0.25) is 0 Å². The average molecular weight is 269 g/mol. The molecule has 0 aliphatic carbocycles. The number of hydrogen-bond donors (Lipinski definition) is 1. The van der Waals surface area contributed by atoms with E-state index in [4.69, 9.17) is 0 Å². The zero-order chi connectivity index (χ0) is 13.4. The molecule has 0 aromatic carbocycles. The molecule has 1 aliphatic heterocycles. The van der Waals surface area contributed by atoms with E-state index in [1.807, 2.05) is 6.08 Å². The molecule has 0 fully saturated rings. The van der Waals surface area contributed by atoms with Crippen LogP contribution in [0, 0.1) is 5.41 Å². The van der Waals surface area contributed by atoms with Crippen LogP contribution in [0.5, 0.6) is 0 Å². The van der Waals surface area contributed by atoms with Gasteiger partial charge in [0.15, 0.2) is 0 Å². The van der Waals surface area contributed by atoms with Gasteiger partial charge in [-0.2, -0.15) is 9.40 Å². The lowest BCUT2D eigenvalue weighted by Crippen LogP contribution is -2.36.